The molecule has 6 atom stereocenters. The Morgan fingerprint density at radius 2 is 2.21 bits per heavy atom. The maximum atomic E-state index is 11.5. The van der Waals surface area contributed by atoms with Gasteiger partial charge in [0.05, 0.1) is 11.8 Å². The molecule has 14 heavy (non-hydrogen) atoms. The molecule has 1 N–H and O–H groups in total. The molecule has 0 amide bonds. The van der Waals surface area contributed by atoms with E-state index in [1.807, 2.05) is 6.92 Å². The quantitative estimate of drug-likeness (QED) is 0.621. The number of rotatable bonds is 1. The van der Waals surface area contributed by atoms with E-state index < -0.39 is 11.9 Å². The summed E-state index contributed by atoms with van der Waals surface area (Å²) in [5.41, 5.74) is 0. The average molecular weight is 196 g/mol. The van der Waals surface area contributed by atoms with Crippen molar-refractivity contribution in [1.29, 1.82) is 0 Å². The number of carboxylic acid groups (broad SMARTS) is 1. The molecule has 2 aliphatic carbocycles. The molecule has 76 valence electrons. The predicted molar refractivity (Wildman–Crippen MR) is 45.3 cm³/mol. The molecule has 3 rings (SSSR count). The molecule has 4 nitrogen and oxygen atoms in total. The van der Waals surface area contributed by atoms with Crippen LogP contribution in [0, 0.1) is 29.6 Å². The molecular weight excluding hydrogens is 184 g/mol. The number of carboxylic acids is 1. The minimum atomic E-state index is -0.827. The Morgan fingerprint density at radius 3 is 2.86 bits per heavy atom. The number of hydrogen-bond acceptors (Lipinski definition) is 3. The summed E-state index contributed by atoms with van der Waals surface area (Å²) in [6.45, 7) is 2.00. The fourth-order valence-electron chi connectivity index (χ4n) is 3.72. The second-order valence-corrected chi connectivity index (χ2v) is 4.71. The van der Waals surface area contributed by atoms with E-state index in [4.69, 9.17) is 9.84 Å². The van der Waals surface area contributed by atoms with Gasteiger partial charge in [0, 0.05) is 5.92 Å². The molecule has 0 aromatic heterocycles. The molecule has 2 saturated carbocycles. The first-order valence-electron chi connectivity index (χ1n) is 5.04. The Morgan fingerprint density at radius 1 is 1.50 bits per heavy atom. The van der Waals surface area contributed by atoms with Crippen LogP contribution >= 0.6 is 0 Å². The molecule has 2 bridgehead atoms. The highest BCUT2D eigenvalue weighted by atomic mass is 16.6. The summed E-state index contributed by atoms with van der Waals surface area (Å²) >= 11 is 0. The van der Waals surface area contributed by atoms with E-state index in [1.54, 1.807) is 0 Å². The normalized spacial score (nSPS) is 53.6. The van der Waals surface area contributed by atoms with Crippen LogP contribution in [0.3, 0.4) is 0 Å². The lowest BCUT2D eigenvalue weighted by atomic mass is 9.75. The van der Waals surface area contributed by atoms with Crippen molar-refractivity contribution in [1.82, 2.24) is 0 Å². The summed E-state index contributed by atoms with van der Waals surface area (Å²) in [4.78, 5) is 22.5. The zero-order valence-electron chi connectivity index (χ0n) is 7.84. The van der Waals surface area contributed by atoms with Gasteiger partial charge in [-0.2, -0.15) is 0 Å². The monoisotopic (exact) mass is 196 g/mol. The molecule has 0 aromatic carbocycles. The molecule has 3 fully saturated rings. The van der Waals surface area contributed by atoms with Crippen LogP contribution in [0.15, 0.2) is 0 Å². The van der Waals surface area contributed by atoms with Gasteiger partial charge in [0.1, 0.15) is 6.10 Å². The minimum Gasteiger partial charge on any atom is -0.481 e. The minimum absolute atomic E-state index is 0.00750. The summed E-state index contributed by atoms with van der Waals surface area (Å²) < 4.78 is 5.23. The van der Waals surface area contributed by atoms with Crippen LogP contribution in [0.5, 0.6) is 0 Å². The maximum absolute atomic E-state index is 11.5. The molecule has 4 unspecified atom stereocenters. The molecule has 1 heterocycles. The van der Waals surface area contributed by atoms with E-state index in [1.165, 1.54) is 0 Å². The standard InChI is InChI=1S/C10H12O4/c1-3-4-2-5-7(6(4)9(11)12)10(13)14-8(3)5/h3-8H,2H2,1H3,(H,11,12)/t3-,4+,5?,6?,7?,8?/m0/s1. The molecule has 1 aliphatic heterocycles. The van der Waals surface area contributed by atoms with Gasteiger partial charge in [-0.15, -0.1) is 0 Å². The van der Waals surface area contributed by atoms with Crippen LogP contribution in [0.1, 0.15) is 13.3 Å². The smallest absolute Gasteiger partial charge is 0.310 e. The first-order chi connectivity index (χ1) is 6.61. The third-order valence-electron chi connectivity index (χ3n) is 4.28. The zero-order valence-corrected chi connectivity index (χ0v) is 7.84. The van der Waals surface area contributed by atoms with Crippen LogP contribution < -0.4 is 0 Å². The molecule has 1 saturated heterocycles. The topological polar surface area (TPSA) is 63.6 Å². The highest BCUT2D eigenvalue weighted by Gasteiger charge is 2.67. The summed E-state index contributed by atoms with van der Waals surface area (Å²) in [6, 6.07) is 0. The summed E-state index contributed by atoms with van der Waals surface area (Å²) in [6.07, 6.45) is 0.868. The molecule has 4 heteroatoms. The lowest BCUT2D eigenvalue weighted by Crippen LogP contribution is -2.36. The highest BCUT2D eigenvalue weighted by molar-refractivity contribution is 5.85. The van der Waals surface area contributed by atoms with E-state index in [9.17, 15) is 9.59 Å². The Kier molecular flexibility index (Phi) is 1.36. The first-order valence-corrected chi connectivity index (χ1v) is 5.04. The van der Waals surface area contributed by atoms with Crippen LogP contribution in [-0.2, 0) is 14.3 Å². The summed E-state index contributed by atoms with van der Waals surface area (Å²) in [5.74, 6) is -1.38. The Labute approximate surface area is 81.2 Å². The van der Waals surface area contributed by atoms with E-state index in [-0.39, 0.29) is 35.7 Å². The second kappa shape index (κ2) is 2.30. The predicted octanol–water partition coefficient (Wildman–Crippen LogP) is 0.515. The number of carbonyl (C=O) groups excluding carboxylic acids is 1. The number of aliphatic carboxylic acids is 1. The average Bonchev–Trinajstić information content (AvgIpc) is 2.67. The Hall–Kier alpha value is -1.06. The van der Waals surface area contributed by atoms with Gasteiger partial charge in [-0.05, 0) is 18.3 Å². The fraction of sp³-hybridized carbons (Fsp3) is 0.800. The van der Waals surface area contributed by atoms with Gasteiger partial charge >= 0.3 is 11.9 Å². The van der Waals surface area contributed by atoms with Crippen molar-refractivity contribution >= 4 is 11.9 Å². The number of fused-ring (bicyclic) bond motifs is 1. The highest BCUT2D eigenvalue weighted by Crippen LogP contribution is 2.60. The first kappa shape index (κ1) is 8.26. The number of carbonyl (C=O) groups is 2. The molecule has 0 aromatic rings. The number of esters is 1. The van der Waals surface area contributed by atoms with Crippen molar-refractivity contribution in [2.75, 3.05) is 0 Å². The van der Waals surface area contributed by atoms with Gasteiger partial charge in [-0.25, -0.2) is 0 Å². The summed E-state index contributed by atoms with van der Waals surface area (Å²) in [7, 11) is 0. The van der Waals surface area contributed by atoms with E-state index in [2.05, 4.69) is 0 Å². The largest absolute Gasteiger partial charge is 0.481 e. The van der Waals surface area contributed by atoms with Gasteiger partial charge < -0.3 is 9.84 Å². The van der Waals surface area contributed by atoms with Crippen molar-refractivity contribution in [3.8, 4) is 0 Å². The van der Waals surface area contributed by atoms with Gasteiger partial charge in [0.2, 0.25) is 0 Å². The van der Waals surface area contributed by atoms with Crippen molar-refractivity contribution in [3.63, 3.8) is 0 Å². The van der Waals surface area contributed by atoms with E-state index >= 15 is 0 Å². The lowest BCUT2D eigenvalue weighted by Gasteiger charge is -2.26. The second-order valence-electron chi connectivity index (χ2n) is 4.71. The zero-order chi connectivity index (χ0) is 10.0. The van der Waals surface area contributed by atoms with Crippen molar-refractivity contribution in [2.24, 2.45) is 29.6 Å². The third-order valence-corrected chi connectivity index (χ3v) is 4.28. The van der Waals surface area contributed by atoms with E-state index in [0.717, 1.165) is 6.42 Å². The van der Waals surface area contributed by atoms with Gasteiger partial charge in [0.15, 0.2) is 0 Å². The fourth-order valence-corrected chi connectivity index (χ4v) is 3.72. The van der Waals surface area contributed by atoms with Gasteiger partial charge in [-0.3, -0.25) is 9.59 Å². The number of ether oxygens (including phenoxy) is 1. The Bertz CT molecular complexity index is 324. The SMILES string of the molecule is C[C@@H]1C2OC(=O)C3C2C[C@H]1C3C(=O)O. The van der Waals surface area contributed by atoms with Crippen LogP contribution in [0.4, 0.5) is 0 Å². The van der Waals surface area contributed by atoms with E-state index in [0.29, 0.717) is 0 Å². The van der Waals surface area contributed by atoms with Crippen LogP contribution in [0.2, 0.25) is 0 Å². The van der Waals surface area contributed by atoms with Crippen molar-refractivity contribution < 1.29 is 19.4 Å². The molecule has 0 spiro atoms. The van der Waals surface area contributed by atoms with Gasteiger partial charge in [-0.1, -0.05) is 6.92 Å². The summed E-state index contributed by atoms with van der Waals surface area (Å²) in [5, 5.41) is 9.08. The van der Waals surface area contributed by atoms with Crippen molar-refractivity contribution in [2.45, 2.75) is 19.4 Å². The van der Waals surface area contributed by atoms with Crippen LogP contribution in [-0.4, -0.2) is 23.1 Å². The van der Waals surface area contributed by atoms with Crippen molar-refractivity contribution in [3.05, 3.63) is 0 Å². The third kappa shape index (κ3) is 0.713. The van der Waals surface area contributed by atoms with Gasteiger partial charge in [0.25, 0.3) is 0 Å². The lowest BCUT2D eigenvalue weighted by molar-refractivity contribution is -0.151. The number of hydrogen-bond donors (Lipinski definition) is 1. The molecular formula is C10H12O4. The Balaban J connectivity index is 2.04. The van der Waals surface area contributed by atoms with Crippen LogP contribution in [0.25, 0.3) is 0 Å². The maximum Gasteiger partial charge on any atom is 0.310 e. The molecule has 0 radical (unpaired) electrons. The molecule has 3 aliphatic rings.